The molecule has 17 heteroatoms. The number of anilines is 1. The highest BCUT2D eigenvalue weighted by molar-refractivity contribution is 7.98. The van der Waals surface area contributed by atoms with Crippen LogP contribution in [-0.4, -0.2) is 57.3 Å². The molecule has 0 saturated carbocycles. The number of methoxy groups -OCH3 is 1. The molecule has 0 radical (unpaired) electrons. The Labute approximate surface area is 300 Å². The number of guanidine groups is 1. The molecule has 0 fully saturated rings. The van der Waals surface area contributed by atoms with E-state index < -0.39 is 35.0 Å². The Bertz CT molecular complexity index is 2100. The summed E-state index contributed by atoms with van der Waals surface area (Å²) in [5.74, 6) is -3.43. The zero-order chi connectivity index (χ0) is 37.0. The van der Waals surface area contributed by atoms with Gasteiger partial charge in [0.05, 0.1) is 30.1 Å². The van der Waals surface area contributed by atoms with Crippen molar-refractivity contribution < 1.29 is 32.7 Å². The summed E-state index contributed by atoms with van der Waals surface area (Å²) in [5, 5.41) is 26.6. The summed E-state index contributed by atoms with van der Waals surface area (Å²) in [6.07, 6.45) is 2.02. The molecular weight excluding hydrogens is 706 g/mol. The maximum absolute atomic E-state index is 15.6. The van der Waals surface area contributed by atoms with Crippen LogP contribution in [0.5, 0.6) is 5.75 Å². The standard InChI is InChI=1S/C34H35ClF2N8O5S/c1-34(2,18-6-9-26-20(13-18)29(38)44-50-26)28-15-42-33(45(28)19-7-8-23(36)27(14-19)49-3)51-16-21-22(35)11-17(12-24(21)37)30(46)43-25(31(47)48)5-4-10-41-32(39)40/h6-9,11-15,25H,4-5,10,16H2,1-3H3,(H2,38,44)(H,43,46)(H,47,48)(H4,39,40,41). The Kier molecular flexibility index (Phi) is 11.1. The number of nitrogens with zero attached hydrogens (tertiary/aromatic N) is 3. The Morgan fingerprint density at radius 1 is 1.18 bits per heavy atom. The van der Waals surface area contributed by atoms with E-state index in [4.69, 9.17) is 37.7 Å². The van der Waals surface area contributed by atoms with Gasteiger partial charge in [-0.2, -0.15) is 0 Å². The smallest absolute Gasteiger partial charge is 0.326 e. The number of hydrogen-bond acceptors (Lipinski definition) is 9. The molecule has 51 heavy (non-hydrogen) atoms. The number of benzene rings is 3. The summed E-state index contributed by atoms with van der Waals surface area (Å²) in [5.41, 5.74) is 13.1. The van der Waals surface area contributed by atoms with Crippen LogP contribution >= 0.6 is 23.4 Å². The first kappa shape index (κ1) is 36.9. The number of hydrogen-bond donors (Lipinski definition) is 6. The molecule has 5 aromatic rings. The number of fused-ring (bicyclic) bond motifs is 1. The summed E-state index contributed by atoms with van der Waals surface area (Å²) < 4.78 is 42.4. The second-order valence-electron chi connectivity index (χ2n) is 12.0. The highest BCUT2D eigenvalue weighted by Crippen LogP contribution is 2.39. The number of thioether (sulfide) groups is 1. The van der Waals surface area contributed by atoms with Crippen LogP contribution in [0.2, 0.25) is 5.02 Å². The number of nitrogen functional groups attached to an aromatic ring is 1. The van der Waals surface area contributed by atoms with Crippen LogP contribution in [0.1, 0.15) is 53.9 Å². The van der Waals surface area contributed by atoms with Crippen molar-refractivity contribution in [3.05, 3.63) is 93.8 Å². The third kappa shape index (κ3) is 8.02. The van der Waals surface area contributed by atoms with Crippen LogP contribution in [0.15, 0.2) is 64.4 Å². The number of halogens is 3. The normalized spacial score (nSPS) is 12.1. The lowest BCUT2D eigenvalue weighted by Crippen LogP contribution is -2.41. The topological polar surface area (TPSA) is 207 Å². The van der Waals surface area contributed by atoms with Gasteiger partial charge in [-0.05, 0) is 54.8 Å². The summed E-state index contributed by atoms with van der Waals surface area (Å²) in [4.78, 5) is 29.3. The van der Waals surface area contributed by atoms with E-state index in [0.717, 1.165) is 23.4 Å². The van der Waals surface area contributed by atoms with Gasteiger partial charge >= 0.3 is 5.97 Å². The van der Waals surface area contributed by atoms with Gasteiger partial charge in [0.25, 0.3) is 5.91 Å². The zero-order valence-electron chi connectivity index (χ0n) is 27.7. The molecule has 1 unspecified atom stereocenters. The lowest BCUT2D eigenvalue weighted by molar-refractivity contribution is -0.139. The van der Waals surface area contributed by atoms with Crippen LogP contribution in [-0.2, 0) is 16.0 Å². The maximum atomic E-state index is 15.6. The van der Waals surface area contributed by atoms with E-state index in [2.05, 4.69) is 20.8 Å². The fourth-order valence-corrected chi connectivity index (χ4v) is 6.83. The monoisotopic (exact) mass is 740 g/mol. The summed E-state index contributed by atoms with van der Waals surface area (Å²) in [6, 6.07) is 10.9. The van der Waals surface area contributed by atoms with Crippen molar-refractivity contribution in [1.29, 1.82) is 5.41 Å². The first-order chi connectivity index (χ1) is 24.2. The fourth-order valence-electron chi connectivity index (χ4n) is 5.45. The van der Waals surface area contributed by atoms with Gasteiger partial charge < -0.3 is 36.5 Å². The number of carbonyl (C=O) groups excluding carboxylic acids is 1. The van der Waals surface area contributed by atoms with Crippen molar-refractivity contribution in [2.45, 2.75) is 49.1 Å². The van der Waals surface area contributed by atoms with Crippen LogP contribution in [0, 0.1) is 17.0 Å². The van der Waals surface area contributed by atoms with Crippen LogP contribution in [0.4, 0.5) is 14.6 Å². The number of carbonyl (C=O) groups is 2. The minimum atomic E-state index is -1.27. The van der Waals surface area contributed by atoms with E-state index in [1.165, 1.54) is 25.3 Å². The Hall–Kier alpha value is -5.35. The highest BCUT2D eigenvalue weighted by atomic mass is 35.5. The molecule has 0 aliphatic rings. The Morgan fingerprint density at radius 2 is 1.94 bits per heavy atom. The molecular formula is C34H35ClF2N8O5S. The second-order valence-corrected chi connectivity index (χ2v) is 13.4. The predicted octanol–water partition coefficient (Wildman–Crippen LogP) is 5.60. The average Bonchev–Trinajstić information content (AvgIpc) is 3.69. The number of rotatable bonds is 14. The van der Waals surface area contributed by atoms with E-state index >= 15 is 4.39 Å². The van der Waals surface area contributed by atoms with E-state index in [-0.39, 0.29) is 52.4 Å². The third-order valence-corrected chi connectivity index (χ3v) is 9.64. The third-order valence-electron chi connectivity index (χ3n) is 8.32. The van der Waals surface area contributed by atoms with Crippen molar-refractivity contribution >= 4 is 58.0 Å². The molecule has 0 bridgehead atoms. The maximum Gasteiger partial charge on any atom is 0.326 e. The minimum Gasteiger partial charge on any atom is -0.494 e. The molecule has 0 spiro atoms. The van der Waals surface area contributed by atoms with Gasteiger partial charge in [0.2, 0.25) is 0 Å². The first-order valence-corrected chi connectivity index (χ1v) is 16.9. The number of aromatic nitrogens is 3. The van der Waals surface area contributed by atoms with Crippen LogP contribution < -0.4 is 26.8 Å². The van der Waals surface area contributed by atoms with Gasteiger partial charge in [0.1, 0.15) is 11.9 Å². The highest BCUT2D eigenvalue weighted by Gasteiger charge is 2.31. The van der Waals surface area contributed by atoms with Crippen molar-refractivity contribution in [2.24, 2.45) is 5.73 Å². The van der Waals surface area contributed by atoms with Gasteiger partial charge in [-0.1, -0.05) is 48.4 Å². The largest absolute Gasteiger partial charge is 0.494 e. The minimum absolute atomic E-state index is 0.00808. The van der Waals surface area contributed by atoms with Crippen molar-refractivity contribution in [1.82, 2.24) is 25.3 Å². The lowest BCUT2D eigenvalue weighted by atomic mass is 9.81. The fraction of sp³-hybridized carbons (Fsp3) is 0.265. The predicted molar refractivity (Wildman–Crippen MR) is 190 cm³/mol. The molecule has 0 saturated heterocycles. The molecule has 2 aromatic heterocycles. The van der Waals surface area contributed by atoms with Gasteiger partial charge in [-0.3, -0.25) is 14.8 Å². The van der Waals surface area contributed by atoms with Crippen molar-refractivity contribution in [2.75, 3.05) is 19.4 Å². The van der Waals surface area contributed by atoms with Gasteiger partial charge in [-0.25, -0.2) is 18.6 Å². The van der Waals surface area contributed by atoms with Gasteiger partial charge in [0.15, 0.2) is 34.1 Å². The van der Waals surface area contributed by atoms with E-state index in [1.807, 2.05) is 30.5 Å². The van der Waals surface area contributed by atoms with E-state index in [0.29, 0.717) is 33.9 Å². The van der Waals surface area contributed by atoms with Gasteiger partial charge in [0, 0.05) is 39.9 Å². The Morgan fingerprint density at radius 3 is 2.63 bits per heavy atom. The molecule has 1 amide bonds. The summed E-state index contributed by atoms with van der Waals surface area (Å²) >= 11 is 7.66. The number of imidazole rings is 1. The molecule has 8 N–H and O–H groups in total. The van der Waals surface area contributed by atoms with E-state index in [9.17, 15) is 19.1 Å². The number of nitrogens with one attached hydrogen (secondary N) is 3. The molecule has 0 aliphatic heterocycles. The quantitative estimate of drug-likeness (QED) is 0.0357. The molecule has 0 aliphatic carbocycles. The average molecular weight is 741 g/mol. The second kappa shape index (κ2) is 15.3. The number of nitrogens with two attached hydrogens (primary N) is 2. The number of carboxylic acid groups (broad SMARTS) is 1. The molecule has 268 valence electrons. The summed E-state index contributed by atoms with van der Waals surface area (Å²) in [7, 11) is 1.36. The number of carboxylic acids is 1. The van der Waals surface area contributed by atoms with Crippen molar-refractivity contribution in [3.8, 4) is 11.4 Å². The Balaban J connectivity index is 1.43. The molecule has 1 atom stereocenters. The number of aliphatic carboxylic acids is 1. The molecule has 5 rings (SSSR count). The SMILES string of the molecule is COc1cc(-n2c(C(C)(C)c3ccc4onc(N)c4c3)cnc2SCc2c(F)cc(C(=O)NC(CCCNC(=N)N)C(=O)O)cc2Cl)ccc1F. The van der Waals surface area contributed by atoms with E-state index in [1.54, 1.807) is 18.3 Å². The molecule has 13 nitrogen and oxygen atoms in total. The lowest BCUT2D eigenvalue weighted by Gasteiger charge is -2.27. The summed E-state index contributed by atoms with van der Waals surface area (Å²) in [6.45, 7) is 4.21. The van der Waals surface area contributed by atoms with Crippen LogP contribution in [0.25, 0.3) is 16.7 Å². The zero-order valence-corrected chi connectivity index (χ0v) is 29.3. The number of ether oxygens (including phenoxy) is 1. The van der Waals surface area contributed by atoms with Gasteiger partial charge in [-0.15, -0.1) is 0 Å². The number of amides is 1. The molecule has 2 heterocycles. The van der Waals surface area contributed by atoms with Crippen molar-refractivity contribution in [3.63, 3.8) is 0 Å². The van der Waals surface area contributed by atoms with Crippen LogP contribution in [0.3, 0.4) is 0 Å². The first-order valence-electron chi connectivity index (χ1n) is 15.5. The molecule has 3 aromatic carbocycles.